The first kappa shape index (κ1) is 12.2. The Bertz CT molecular complexity index is 394. The van der Waals surface area contributed by atoms with Crippen molar-refractivity contribution in [3.63, 3.8) is 0 Å². The molecule has 1 fully saturated rings. The van der Waals surface area contributed by atoms with Gasteiger partial charge in [0.05, 0.1) is 0 Å². The van der Waals surface area contributed by atoms with Gasteiger partial charge in [0.2, 0.25) is 0 Å². The molecule has 1 heteroatoms. The number of nitrogens with two attached hydrogens (primary N) is 1. The van der Waals surface area contributed by atoms with E-state index in [1.54, 1.807) is 11.1 Å². The molecule has 1 aromatic rings. The molecule has 0 heterocycles. The van der Waals surface area contributed by atoms with Gasteiger partial charge in [0.25, 0.3) is 0 Å². The molecule has 2 unspecified atom stereocenters. The zero-order valence-electron chi connectivity index (χ0n) is 11.3. The molecule has 2 N–H and O–H groups in total. The maximum absolute atomic E-state index is 6.19. The minimum Gasteiger partial charge on any atom is -0.327 e. The summed E-state index contributed by atoms with van der Waals surface area (Å²) in [5, 5.41) is 0. The predicted molar refractivity (Wildman–Crippen MR) is 76.7 cm³/mol. The summed E-state index contributed by atoms with van der Waals surface area (Å²) in [4.78, 5) is 0. The van der Waals surface area contributed by atoms with Crippen molar-refractivity contribution in [2.24, 2.45) is 11.7 Å². The van der Waals surface area contributed by atoms with E-state index in [0.717, 1.165) is 11.8 Å². The van der Waals surface area contributed by atoms with E-state index in [9.17, 15) is 0 Å². The van der Waals surface area contributed by atoms with E-state index in [-0.39, 0.29) is 0 Å². The standard InChI is InChI=1S/C17H25N/c18-17(15-11-12-15)10-4-8-14-7-3-6-13-5-1-2-9-16(13)14/h1-2,5,9,14-15,17H,3-4,6-8,10-12,18H2. The van der Waals surface area contributed by atoms with Crippen molar-refractivity contribution in [2.45, 2.75) is 63.3 Å². The van der Waals surface area contributed by atoms with E-state index in [1.807, 2.05) is 0 Å². The molecule has 0 spiro atoms. The molecule has 0 saturated heterocycles. The molecule has 3 rings (SSSR count). The summed E-state index contributed by atoms with van der Waals surface area (Å²) in [6.45, 7) is 0. The van der Waals surface area contributed by atoms with Crippen LogP contribution in [-0.2, 0) is 6.42 Å². The molecule has 0 radical (unpaired) electrons. The van der Waals surface area contributed by atoms with Crippen LogP contribution in [0.15, 0.2) is 24.3 Å². The van der Waals surface area contributed by atoms with Gasteiger partial charge in [-0.15, -0.1) is 0 Å². The number of aryl methyl sites for hydroxylation is 1. The molecule has 2 aliphatic carbocycles. The molecule has 1 saturated carbocycles. The lowest BCUT2D eigenvalue weighted by Gasteiger charge is -2.25. The molecule has 0 bridgehead atoms. The lowest BCUT2D eigenvalue weighted by atomic mass is 9.80. The Morgan fingerprint density at radius 3 is 2.83 bits per heavy atom. The number of benzene rings is 1. The normalized spacial score (nSPS) is 24.6. The Kier molecular flexibility index (Phi) is 3.69. The second-order valence-corrected chi connectivity index (χ2v) is 6.22. The number of hydrogen-bond acceptors (Lipinski definition) is 1. The number of hydrogen-bond donors (Lipinski definition) is 1. The molecule has 1 aromatic carbocycles. The van der Waals surface area contributed by atoms with Gasteiger partial charge in [-0.2, -0.15) is 0 Å². The van der Waals surface area contributed by atoms with Crippen molar-refractivity contribution >= 4 is 0 Å². The second-order valence-electron chi connectivity index (χ2n) is 6.22. The van der Waals surface area contributed by atoms with E-state index in [0.29, 0.717) is 6.04 Å². The molecule has 98 valence electrons. The van der Waals surface area contributed by atoms with Crippen molar-refractivity contribution in [2.75, 3.05) is 0 Å². The Morgan fingerprint density at radius 2 is 2.00 bits per heavy atom. The van der Waals surface area contributed by atoms with Gasteiger partial charge in [-0.05, 0) is 67.9 Å². The monoisotopic (exact) mass is 243 g/mol. The fourth-order valence-corrected chi connectivity index (χ4v) is 3.51. The topological polar surface area (TPSA) is 26.0 Å². The van der Waals surface area contributed by atoms with Crippen LogP contribution in [-0.4, -0.2) is 6.04 Å². The van der Waals surface area contributed by atoms with Crippen LogP contribution in [0.25, 0.3) is 0 Å². The Labute approximate surface area is 111 Å². The average Bonchev–Trinajstić information content (AvgIpc) is 3.23. The lowest BCUT2D eigenvalue weighted by molar-refractivity contribution is 0.457. The van der Waals surface area contributed by atoms with Crippen molar-refractivity contribution in [1.29, 1.82) is 0 Å². The third kappa shape index (κ3) is 2.77. The van der Waals surface area contributed by atoms with Crippen LogP contribution >= 0.6 is 0 Å². The smallest absolute Gasteiger partial charge is 0.00671 e. The van der Waals surface area contributed by atoms with Crippen LogP contribution in [0.2, 0.25) is 0 Å². The first-order chi connectivity index (χ1) is 8.84. The van der Waals surface area contributed by atoms with Gasteiger partial charge in [-0.3, -0.25) is 0 Å². The maximum Gasteiger partial charge on any atom is 0.00671 e. The highest BCUT2D eigenvalue weighted by atomic mass is 14.7. The van der Waals surface area contributed by atoms with E-state index in [1.165, 1.54) is 51.4 Å². The highest BCUT2D eigenvalue weighted by Crippen LogP contribution is 2.37. The number of rotatable bonds is 5. The van der Waals surface area contributed by atoms with Crippen molar-refractivity contribution < 1.29 is 0 Å². The van der Waals surface area contributed by atoms with E-state index in [4.69, 9.17) is 5.73 Å². The second kappa shape index (κ2) is 5.44. The highest BCUT2D eigenvalue weighted by molar-refractivity contribution is 5.32. The lowest BCUT2D eigenvalue weighted by Crippen LogP contribution is -2.22. The van der Waals surface area contributed by atoms with Gasteiger partial charge in [-0.1, -0.05) is 30.7 Å². The zero-order valence-corrected chi connectivity index (χ0v) is 11.3. The molecule has 0 amide bonds. The summed E-state index contributed by atoms with van der Waals surface area (Å²) >= 11 is 0. The summed E-state index contributed by atoms with van der Waals surface area (Å²) in [7, 11) is 0. The molecule has 1 nitrogen and oxygen atoms in total. The predicted octanol–water partition coefficient (Wildman–Crippen LogP) is 4.01. The zero-order chi connectivity index (χ0) is 12.4. The Hall–Kier alpha value is -0.820. The van der Waals surface area contributed by atoms with Crippen LogP contribution in [0.3, 0.4) is 0 Å². The Balaban J connectivity index is 1.53. The highest BCUT2D eigenvalue weighted by Gasteiger charge is 2.28. The van der Waals surface area contributed by atoms with Crippen LogP contribution in [0, 0.1) is 5.92 Å². The molecule has 0 aromatic heterocycles. The Morgan fingerprint density at radius 1 is 1.17 bits per heavy atom. The largest absolute Gasteiger partial charge is 0.327 e. The van der Waals surface area contributed by atoms with Crippen LogP contribution in [0.5, 0.6) is 0 Å². The van der Waals surface area contributed by atoms with Crippen LogP contribution in [0.1, 0.15) is 62.0 Å². The third-order valence-electron chi connectivity index (χ3n) is 4.81. The van der Waals surface area contributed by atoms with Crippen molar-refractivity contribution in [3.8, 4) is 0 Å². The minimum absolute atomic E-state index is 0.490. The van der Waals surface area contributed by atoms with Gasteiger partial charge >= 0.3 is 0 Å². The first-order valence-electron chi connectivity index (χ1n) is 7.68. The number of fused-ring (bicyclic) bond motifs is 1. The van der Waals surface area contributed by atoms with Crippen molar-refractivity contribution in [3.05, 3.63) is 35.4 Å². The summed E-state index contributed by atoms with van der Waals surface area (Å²) in [5.74, 6) is 1.67. The third-order valence-corrected chi connectivity index (χ3v) is 4.81. The molecular formula is C17H25N. The van der Waals surface area contributed by atoms with Crippen LogP contribution in [0.4, 0.5) is 0 Å². The molecular weight excluding hydrogens is 218 g/mol. The van der Waals surface area contributed by atoms with Crippen LogP contribution < -0.4 is 5.73 Å². The molecule has 2 aliphatic rings. The fourth-order valence-electron chi connectivity index (χ4n) is 3.51. The van der Waals surface area contributed by atoms with E-state index in [2.05, 4.69) is 24.3 Å². The molecule has 18 heavy (non-hydrogen) atoms. The molecule has 0 aliphatic heterocycles. The van der Waals surface area contributed by atoms with Gasteiger partial charge in [0.15, 0.2) is 0 Å². The van der Waals surface area contributed by atoms with Gasteiger partial charge in [0.1, 0.15) is 0 Å². The quantitative estimate of drug-likeness (QED) is 0.830. The summed E-state index contributed by atoms with van der Waals surface area (Å²) in [6, 6.07) is 9.54. The van der Waals surface area contributed by atoms with E-state index < -0.39 is 0 Å². The summed E-state index contributed by atoms with van der Waals surface area (Å²) in [5.41, 5.74) is 9.42. The average molecular weight is 243 g/mol. The van der Waals surface area contributed by atoms with Gasteiger partial charge < -0.3 is 5.73 Å². The summed E-state index contributed by atoms with van der Waals surface area (Å²) < 4.78 is 0. The van der Waals surface area contributed by atoms with E-state index >= 15 is 0 Å². The first-order valence-corrected chi connectivity index (χ1v) is 7.68. The van der Waals surface area contributed by atoms with Gasteiger partial charge in [0, 0.05) is 6.04 Å². The minimum atomic E-state index is 0.490. The SMILES string of the molecule is NC(CCCC1CCCc2ccccc21)C1CC1. The fraction of sp³-hybridized carbons (Fsp3) is 0.647. The van der Waals surface area contributed by atoms with Gasteiger partial charge in [-0.25, -0.2) is 0 Å². The van der Waals surface area contributed by atoms with Crippen molar-refractivity contribution in [1.82, 2.24) is 0 Å². The molecule has 2 atom stereocenters. The maximum atomic E-state index is 6.19. The summed E-state index contributed by atoms with van der Waals surface area (Å²) in [6.07, 6.45) is 10.7.